The van der Waals surface area contributed by atoms with Crippen LogP contribution in [0.1, 0.15) is 13.3 Å². The summed E-state index contributed by atoms with van der Waals surface area (Å²) in [5, 5.41) is 3.21. The molecule has 0 aliphatic carbocycles. The monoisotopic (exact) mass is 301 g/mol. The number of methoxy groups -OCH3 is 2. The topological polar surface area (TPSA) is 47.6 Å². The largest absolute Gasteiger partial charge is 0.497 e. The van der Waals surface area contributed by atoms with Gasteiger partial charge in [-0.2, -0.15) is 0 Å². The fourth-order valence-electron chi connectivity index (χ4n) is 1.43. The third kappa shape index (κ3) is 4.65. The van der Waals surface area contributed by atoms with E-state index in [9.17, 15) is 4.79 Å². The van der Waals surface area contributed by atoms with Gasteiger partial charge in [0.25, 0.3) is 0 Å². The summed E-state index contributed by atoms with van der Waals surface area (Å²) in [4.78, 5) is 11.1. The SMILES string of the molecule is COC(=O)CC(C)Nc1cc(Br)cc(OC)c1. The fraction of sp³-hybridized carbons (Fsp3) is 0.417. The van der Waals surface area contributed by atoms with E-state index in [-0.39, 0.29) is 12.0 Å². The van der Waals surface area contributed by atoms with Gasteiger partial charge in [-0.3, -0.25) is 4.79 Å². The first-order valence-electron chi connectivity index (χ1n) is 5.23. The zero-order valence-corrected chi connectivity index (χ0v) is 11.7. The van der Waals surface area contributed by atoms with Crippen molar-refractivity contribution in [1.29, 1.82) is 0 Å². The van der Waals surface area contributed by atoms with E-state index < -0.39 is 0 Å². The Labute approximate surface area is 109 Å². The van der Waals surface area contributed by atoms with Gasteiger partial charge < -0.3 is 14.8 Å². The van der Waals surface area contributed by atoms with Gasteiger partial charge in [-0.1, -0.05) is 15.9 Å². The lowest BCUT2D eigenvalue weighted by Crippen LogP contribution is -2.20. The third-order valence-corrected chi connectivity index (χ3v) is 2.68. The maximum Gasteiger partial charge on any atom is 0.307 e. The van der Waals surface area contributed by atoms with Crippen molar-refractivity contribution in [3.8, 4) is 5.75 Å². The quantitative estimate of drug-likeness (QED) is 0.850. The zero-order chi connectivity index (χ0) is 12.8. The molecular weight excluding hydrogens is 286 g/mol. The molecule has 94 valence electrons. The summed E-state index contributed by atoms with van der Waals surface area (Å²) >= 11 is 3.40. The molecule has 17 heavy (non-hydrogen) atoms. The highest BCUT2D eigenvalue weighted by molar-refractivity contribution is 9.10. The molecule has 1 aromatic carbocycles. The Bertz CT molecular complexity index is 395. The van der Waals surface area contributed by atoms with Crippen LogP contribution in [0.3, 0.4) is 0 Å². The lowest BCUT2D eigenvalue weighted by atomic mass is 10.2. The van der Waals surface area contributed by atoms with E-state index >= 15 is 0 Å². The molecule has 0 saturated carbocycles. The summed E-state index contributed by atoms with van der Waals surface area (Å²) in [6.07, 6.45) is 0.325. The maximum absolute atomic E-state index is 11.1. The van der Waals surface area contributed by atoms with Crippen LogP contribution >= 0.6 is 15.9 Å². The number of rotatable bonds is 5. The van der Waals surface area contributed by atoms with Crippen molar-refractivity contribution in [1.82, 2.24) is 0 Å². The smallest absolute Gasteiger partial charge is 0.307 e. The average molecular weight is 302 g/mol. The number of esters is 1. The van der Waals surface area contributed by atoms with Crippen molar-refractivity contribution >= 4 is 27.6 Å². The molecule has 0 saturated heterocycles. The van der Waals surface area contributed by atoms with Gasteiger partial charge in [-0.15, -0.1) is 0 Å². The van der Waals surface area contributed by atoms with E-state index in [0.29, 0.717) is 6.42 Å². The summed E-state index contributed by atoms with van der Waals surface area (Å²) in [5.74, 6) is 0.527. The molecule has 0 radical (unpaired) electrons. The zero-order valence-electron chi connectivity index (χ0n) is 10.1. The Balaban J connectivity index is 2.67. The van der Waals surface area contributed by atoms with Crippen LogP contribution in [0.4, 0.5) is 5.69 Å². The number of nitrogens with one attached hydrogen (secondary N) is 1. The molecule has 1 rings (SSSR count). The Hall–Kier alpha value is -1.23. The highest BCUT2D eigenvalue weighted by atomic mass is 79.9. The summed E-state index contributed by atoms with van der Waals surface area (Å²) < 4.78 is 10.7. The molecule has 5 heteroatoms. The van der Waals surface area contributed by atoms with Crippen LogP contribution < -0.4 is 10.1 Å². The first-order valence-corrected chi connectivity index (χ1v) is 6.02. The van der Waals surface area contributed by atoms with Crippen LogP contribution in [0, 0.1) is 0 Å². The second kappa shape index (κ2) is 6.49. The van der Waals surface area contributed by atoms with Gasteiger partial charge in [0.2, 0.25) is 0 Å². The normalized spacial score (nSPS) is 11.8. The first-order chi connectivity index (χ1) is 8.05. The standard InChI is InChI=1S/C12H16BrNO3/c1-8(4-12(15)17-3)14-10-5-9(13)6-11(7-10)16-2/h5-8,14H,4H2,1-3H3. The lowest BCUT2D eigenvalue weighted by Gasteiger charge is -2.15. The molecule has 1 N–H and O–H groups in total. The molecule has 0 aromatic heterocycles. The second-order valence-corrected chi connectivity index (χ2v) is 4.62. The van der Waals surface area contributed by atoms with Crippen molar-refractivity contribution in [2.75, 3.05) is 19.5 Å². The Morgan fingerprint density at radius 1 is 1.41 bits per heavy atom. The Morgan fingerprint density at radius 3 is 2.71 bits per heavy atom. The molecule has 1 unspecified atom stereocenters. The predicted molar refractivity (Wildman–Crippen MR) is 70.4 cm³/mol. The van der Waals surface area contributed by atoms with Gasteiger partial charge >= 0.3 is 5.97 Å². The average Bonchev–Trinajstić information content (AvgIpc) is 2.27. The predicted octanol–water partition coefficient (Wildman–Crippen LogP) is 2.82. The van der Waals surface area contributed by atoms with Crippen molar-refractivity contribution in [2.45, 2.75) is 19.4 Å². The summed E-state index contributed by atoms with van der Waals surface area (Å²) in [6, 6.07) is 5.67. The van der Waals surface area contributed by atoms with E-state index in [0.717, 1.165) is 15.9 Å². The molecule has 0 aliphatic rings. The van der Waals surface area contributed by atoms with Crippen LogP contribution in [0.5, 0.6) is 5.75 Å². The second-order valence-electron chi connectivity index (χ2n) is 3.71. The molecule has 4 nitrogen and oxygen atoms in total. The van der Waals surface area contributed by atoms with Crippen LogP contribution in [0.2, 0.25) is 0 Å². The number of carbonyl (C=O) groups excluding carboxylic acids is 1. The number of carbonyl (C=O) groups is 1. The van der Waals surface area contributed by atoms with Crippen LogP contribution in [-0.2, 0) is 9.53 Å². The van der Waals surface area contributed by atoms with E-state index in [2.05, 4.69) is 26.0 Å². The van der Waals surface area contributed by atoms with Crippen LogP contribution in [-0.4, -0.2) is 26.2 Å². The molecule has 0 aliphatic heterocycles. The third-order valence-electron chi connectivity index (χ3n) is 2.22. The van der Waals surface area contributed by atoms with Gasteiger partial charge in [0.05, 0.1) is 20.6 Å². The minimum atomic E-state index is -0.230. The molecule has 0 fully saturated rings. The molecular formula is C12H16BrNO3. The van der Waals surface area contributed by atoms with Gasteiger partial charge in [-0.25, -0.2) is 0 Å². The number of hydrogen-bond donors (Lipinski definition) is 1. The van der Waals surface area contributed by atoms with E-state index in [1.54, 1.807) is 7.11 Å². The van der Waals surface area contributed by atoms with E-state index in [1.807, 2.05) is 25.1 Å². The number of halogens is 1. The highest BCUT2D eigenvalue weighted by Crippen LogP contribution is 2.25. The number of ether oxygens (including phenoxy) is 2. The van der Waals surface area contributed by atoms with Crippen LogP contribution in [0.25, 0.3) is 0 Å². The minimum absolute atomic E-state index is 0.00135. The first kappa shape index (κ1) is 13.8. The molecule has 0 heterocycles. The summed E-state index contributed by atoms with van der Waals surface area (Å²) in [7, 11) is 3.00. The molecule has 0 amide bonds. The Kier molecular flexibility index (Phi) is 5.28. The lowest BCUT2D eigenvalue weighted by molar-refractivity contribution is -0.140. The van der Waals surface area contributed by atoms with Crippen LogP contribution in [0.15, 0.2) is 22.7 Å². The number of hydrogen-bond acceptors (Lipinski definition) is 4. The molecule has 1 aromatic rings. The van der Waals surface area contributed by atoms with Gasteiger partial charge in [0.15, 0.2) is 0 Å². The number of benzene rings is 1. The van der Waals surface area contributed by atoms with E-state index in [1.165, 1.54) is 7.11 Å². The molecule has 1 atom stereocenters. The van der Waals surface area contributed by atoms with E-state index in [4.69, 9.17) is 4.74 Å². The van der Waals surface area contributed by atoms with Crippen molar-refractivity contribution < 1.29 is 14.3 Å². The van der Waals surface area contributed by atoms with Gasteiger partial charge in [0, 0.05) is 22.3 Å². The maximum atomic E-state index is 11.1. The summed E-state index contributed by atoms with van der Waals surface area (Å²) in [5.41, 5.74) is 0.896. The van der Waals surface area contributed by atoms with Gasteiger partial charge in [-0.05, 0) is 19.1 Å². The highest BCUT2D eigenvalue weighted by Gasteiger charge is 2.09. The van der Waals surface area contributed by atoms with Gasteiger partial charge in [0.1, 0.15) is 5.75 Å². The molecule has 0 bridgehead atoms. The number of anilines is 1. The fourth-order valence-corrected chi connectivity index (χ4v) is 1.91. The minimum Gasteiger partial charge on any atom is -0.497 e. The Morgan fingerprint density at radius 2 is 2.12 bits per heavy atom. The summed E-state index contributed by atoms with van der Waals surface area (Å²) in [6.45, 7) is 1.92. The molecule has 0 spiro atoms. The van der Waals surface area contributed by atoms with Crippen molar-refractivity contribution in [3.05, 3.63) is 22.7 Å². The van der Waals surface area contributed by atoms with Crippen molar-refractivity contribution in [2.24, 2.45) is 0 Å². The van der Waals surface area contributed by atoms with Crippen molar-refractivity contribution in [3.63, 3.8) is 0 Å².